The van der Waals surface area contributed by atoms with Crippen LogP contribution in [0, 0.1) is 12.3 Å². The van der Waals surface area contributed by atoms with Gasteiger partial charge in [0.1, 0.15) is 5.84 Å². The summed E-state index contributed by atoms with van der Waals surface area (Å²) in [6.45, 7) is 4.96. The minimum Gasteiger partial charge on any atom is -0.385 e. The monoisotopic (exact) mass is 177 g/mol. The van der Waals surface area contributed by atoms with E-state index in [9.17, 15) is 0 Å². The maximum atomic E-state index is 7.26. The molecule has 0 saturated carbocycles. The van der Waals surface area contributed by atoms with Gasteiger partial charge >= 0.3 is 0 Å². The van der Waals surface area contributed by atoms with Gasteiger partial charge in [-0.2, -0.15) is 0 Å². The number of hydrogen-bond donors (Lipinski definition) is 3. The van der Waals surface area contributed by atoms with E-state index in [1.807, 2.05) is 25.1 Å². The Hall–Kier alpha value is -1.51. The molecule has 70 valence electrons. The fourth-order valence-electron chi connectivity index (χ4n) is 1.22. The van der Waals surface area contributed by atoms with Crippen LogP contribution in [0.2, 0.25) is 0 Å². The Morgan fingerprint density at radius 2 is 2.23 bits per heavy atom. The number of nitrogens with two attached hydrogens (primary N) is 1. The molecule has 0 spiro atoms. The highest BCUT2D eigenvalue weighted by molar-refractivity contribution is 5.95. The van der Waals surface area contributed by atoms with Crippen LogP contribution in [0.4, 0.5) is 5.69 Å². The Bertz CT molecular complexity index is 318. The van der Waals surface area contributed by atoms with Gasteiger partial charge in [0.2, 0.25) is 0 Å². The van der Waals surface area contributed by atoms with Crippen LogP contribution in [0.15, 0.2) is 18.2 Å². The smallest absolute Gasteiger partial charge is 0.122 e. The number of hydrogen-bond acceptors (Lipinski definition) is 2. The molecule has 0 aliphatic rings. The number of aryl methyl sites for hydroxylation is 1. The van der Waals surface area contributed by atoms with Gasteiger partial charge in [0.25, 0.3) is 0 Å². The molecule has 0 atom stereocenters. The molecule has 1 aromatic rings. The fraction of sp³-hybridized carbons (Fsp3) is 0.300. The van der Waals surface area contributed by atoms with E-state index in [0.717, 1.165) is 23.4 Å². The van der Waals surface area contributed by atoms with Crippen LogP contribution in [0.1, 0.15) is 18.1 Å². The number of nitrogens with one attached hydrogen (secondary N) is 2. The van der Waals surface area contributed by atoms with Crippen molar-refractivity contribution < 1.29 is 0 Å². The Kier molecular flexibility index (Phi) is 2.90. The normalized spacial score (nSPS) is 9.69. The summed E-state index contributed by atoms with van der Waals surface area (Å²) < 4.78 is 0. The molecule has 1 aromatic carbocycles. The van der Waals surface area contributed by atoms with Gasteiger partial charge in [-0.1, -0.05) is 0 Å². The highest BCUT2D eigenvalue weighted by atomic mass is 14.9. The van der Waals surface area contributed by atoms with Gasteiger partial charge in [0, 0.05) is 17.8 Å². The zero-order valence-electron chi connectivity index (χ0n) is 8.02. The second-order valence-corrected chi connectivity index (χ2v) is 2.97. The molecular weight excluding hydrogens is 162 g/mol. The Morgan fingerprint density at radius 1 is 1.54 bits per heavy atom. The van der Waals surface area contributed by atoms with Crippen LogP contribution in [0.3, 0.4) is 0 Å². The SMILES string of the molecule is CCNc1ccc(C(=N)N)cc1C. The average Bonchev–Trinajstić information content (AvgIpc) is 2.08. The number of rotatable bonds is 3. The average molecular weight is 177 g/mol. The predicted molar refractivity (Wildman–Crippen MR) is 56.4 cm³/mol. The lowest BCUT2D eigenvalue weighted by Gasteiger charge is -2.08. The molecule has 1 rings (SSSR count). The lowest BCUT2D eigenvalue weighted by Crippen LogP contribution is -2.11. The van der Waals surface area contributed by atoms with Crippen LogP contribution >= 0.6 is 0 Å². The Balaban J connectivity index is 2.98. The molecule has 3 heteroatoms. The summed E-state index contributed by atoms with van der Waals surface area (Å²) in [5.74, 6) is 0.117. The van der Waals surface area contributed by atoms with Gasteiger partial charge < -0.3 is 11.1 Å². The molecule has 0 bridgehead atoms. The summed E-state index contributed by atoms with van der Waals surface area (Å²) >= 11 is 0. The largest absolute Gasteiger partial charge is 0.385 e. The molecule has 3 nitrogen and oxygen atoms in total. The summed E-state index contributed by atoms with van der Waals surface area (Å²) in [6.07, 6.45) is 0. The molecule has 0 radical (unpaired) electrons. The molecule has 0 aliphatic heterocycles. The minimum atomic E-state index is 0.117. The molecule has 0 aliphatic carbocycles. The second-order valence-electron chi connectivity index (χ2n) is 2.97. The zero-order valence-corrected chi connectivity index (χ0v) is 8.02. The number of anilines is 1. The van der Waals surface area contributed by atoms with Crippen molar-refractivity contribution in [3.63, 3.8) is 0 Å². The van der Waals surface area contributed by atoms with Crippen molar-refractivity contribution in [2.24, 2.45) is 5.73 Å². The van der Waals surface area contributed by atoms with E-state index in [2.05, 4.69) is 12.2 Å². The van der Waals surface area contributed by atoms with E-state index in [1.165, 1.54) is 0 Å². The van der Waals surface area contributed by atoms with Gasteiger partial charge in [-0.15, -0.1) is 0 Å². The van der Waals surface area contributed by atoms with Crippen molar-refractivity contribution in [2.45, 2.75) is 13.8 Å². The topological polar surface area (TPSA) is 61.9 Å². The van der Waals surface area contributed by atoms with Crippen LogP contribution in [-0.2, 0) is 0 Å². The van der Waals surface area contributed by atoms with E-state index < -0.39 is 0 Å². The molecule has 13 heavy (non-hydrogen) atoms. The molecule has 0 fully saturated rings. The van der Waals surface area contributed by atoms with Gasteiger partial charge in [0.15, 0.2) is 0 Å². The van der Waals surface area contributed by atoms with Crippen molar-refractivity contribution in [3.8, 4) is 0 Å². The number of amidine groups is 1. The highest BCUT2D eigenvalue weighted by Gasteiger charge is 2.00. The Labute approximate surface area is 78.5 Å². The third-order valence-corrected chi connectivity index (χ3v) is 1.90. The van der Waals surface area contributed by atoms with Gasteiger partial charge in [-0.25, -0.2) is 0 Å². The van der Waals surface area contributed by atoms with Crippen LogP contribution in [-0.4, -0.2) is 12.4 Å². The molecule has 0 heterocycles. The predicted octanol–water partition coefficient (Wildman–Crippen LogP) is 1.71. The van der Waals surface area contributed by atoms with Crippen molar-refractivity contribution in [1.82, 2.24) is 0 Å². The van der Waals surface area contributed by atoms with Crippen molar-refractivity contribution in [2.75, 3.05) is 11.9 Å². The van der Waals surface area contributed by atoms with Crippen LogP contribution in [0.25, 0.3) is 0 Å². The van der Waals surface area contributed by atoms with E-state index in [0.29, 0.717) is 0 Å². The third kappa shape index (κ3) is 2.21. The first-order chi connectivity index (χ1) is 6.15. The minimum absolute atomic E-state index is 0.117. The third-order valence-electron chi connectivity index (χ3n) is 1.90. The quantitative estimate of drug-likeness (QED) is 0.486. The summed E-state index contributed by atoms with van der Waals surface area (Å²) in [5.41, 5.74) is 8.37. The number of nitrogen functional groups attached to an aromatic ring is 1. The van der Waals surface area contributed by atoms with Crippen LogP contribution in [0.5, 0.6) is 0 Å². The van der Waals surface area contributed by atoms with E-state index in [1.54, 1.807) is 0 Å². The molecule has 0 aromatic heterocycles. The first kappa shape index (κ1) is 9.58. The van der Waals surface area contributed by atoms with E-state index in [4.69, 9.17) is 11.1 Å². The summed E-state index contributed by atoms with van der Waals surface area (Å²) in [4.78, 5) is 0. The number of benzene rings is 1. The van der Waals surface area contributed by atoms with Gasteiger partial charge in [-0.3, -0.25) is 5.41 Å². The van der Waals surface area contributed by atoms with Gasteiger partial charge in [-0.05, 0) is 37.6 Å². The van der Waals surface area contributed by atoms with E-state index >= 15 is 0 Å². The van der Waals surface area contributed by atoms with Crippen molar-refractivity contribution in [3.05, 3.63) is 29.3 Å². The highest BCUT2D eigenvalue weighted by Crippen LogP contribution is 2.15. The lowest BCUT2D eigenvalue weighted by atomic mass is 10.1. The molecule has 0 saturated heterocycles. The van der Waals surface area contributed by atoms with Crippen molar-refractivity contribution in [1.29, 1.82) is 5.41 Å². The summed E-state index contributed by atoms with van der Waals surface area (Å²) in [7, 11) is 0. The first-order valence-corrected chi connectivity index (χ1v) is 4.34. The molecule has 4 N–H and O–H groups in total. The maximum Gasteiger partial charge on any atom is 0.122 e. The van der Waals surface area contributed by atoms with Crippen LogP contribution < -0.4 is 11.1 Å². The molecular formula is C10H15N3. The Morgan fingerprint density at radius 3 is 2.69 bits per heavy atom. The van der Waals surface area contributed by atoms with E-state index in [-0.39, 0.29) is 5.84 Å². The maximum absolute atomic E-state index is 7.26. The van der Waals surface area contributed by atoms with Gasteiger partial charge in [0.05, 0.1) is 0 Å². The molecule has 0 amide bonds. The zero-order chi connectivity index (χ0) is 9.84. The van der Waals surface area contributed by atoms with Crippen molar-refractivity contribution >= 4 is 11.5 Å². The summed E-state index contributed by atoms with van der Waals surface area (Å²) in [5, 5.41) is 10.5. The standard InChI is InChI=1S/C10H15N3/c1-3-13-9-5-4-8(10(11)12)6-7(9)2/h4-6,13H,3H2,1-2H3,(H3,11,12). The fourth-order valence-corrected chi connectivity index (χ4v) is 1.22. The summed E-state index contributed by atoms with van der Waals surface area (Å²) in [6, 6.07) is 5.73. The lowest BCUT2D eigenvalue weighted by molar-refractivity contribution is 1.20. The molecule has 0 unspecified atom stereocenters. The first-order valence-electron chi connectivity index (χ1n) is 4.34. The second kappa shape index (κ2) is 3.94.